The number of ether oxygens (including phenoxy) is 2. The van der Waals surface area contributed by atoms with E-state index < -0.39 is 0 Å². The van der Waals surface area contributed by atoms with Gasteiger partial charge < -0.3 is 20.1 Å². The maximum atomic E-state index is 5.59. The normalized spacial score (nSPS) is 19.9. The van der Waals surface area contributed by atoms with Crippen molar-refractivity contribution in [1.29, 1.82) is 0 Å². The van der Waals surface area contributed by atoms with E-state index in [4.69, 9.17) is 9.47 Å². The standard InChI is InChI=1S/C11H23N3O2.HI/c1-12-11(13-2)14-5-3-6-15-8-10-4-7-16-9-10;/h10H,3-9H2,1-2H3,(H2,12,13,14);1H. The van der Waals surface area contributed by atoms with Crippen molar-refractivity contribution in [3.05, 3.63) is 0 Å². The van der Waals surface area contributed by atoms with Gasteiger partial charge >= 0.3 is 0 Å². The average Bonchev–Trinajstić information content (AvgIpc) is 2.81. The first-order chi connectivity index (χ1) is 7.86. The molecule has 1 aliphatic rings. The number of halogens is 1. The molecule has 0 spiro atoms. The Hall–Kier alpha value is -0.0800. The minimum Gasteiger partial charge on any atom is -0.381 e. The fourth-order valence-corrected chi connectivity index (χ4v) is 1.63. The number of nitrogens with zero attached hydrogens (tertiary/aromatic N) is 1. The number of aliphatic imine (C=N–C) groups is 1. The zero-order valence-electron chi connectivity index (χ0n) is 10.7. The molecule has 0 saturated carbocycles. The molecule has 0 aliphatic carbocycles. The quantitative estimate of drug-likeness (QED) is 0.320. The maximum absolute atomic E-state index is 5.59. The van der Waals surface area contributed by atoms with Crippen LogP contribution in [0.3, 0.4) is 0 Å². The van der Waals surface area contributed by atoms with E-state index in [0.717, 1.165) is 51.8 Å². The van der Waals surface area contributed by atoms with Crippen LogP contribution >= 0.6 is 24.0 Å². The average molecular weight is 357 g/mol. The lowest BCUT2D eigenvalue weighted by molar-refractivity contribution is 0.0888. The molecule has 0 aromatic carbocycles. The van der Waals surface area contributed by atoms with Crippen molar-refractivity contribution >= 4 is 29.9 Å². The molecule has 0 aromatic rings. The van der Waals surface area contributed by atoms with Crippen molar-refractivity contribution in [3.8, 4) is 0 Å². The van der Waals surface area contributed by atoms with E-state index in [9.17, 15) is 0 Å². The first kappa shape index (κ1) is 16.9. The number of nitrogens with one attached hydrogen (secondary N) is 2. The summed E-state index contributed by atoms with van der Waals surface area (Å²) >= 11 is 0. The van der Waals surface area contributed by atoms with Gasteiger partial charge in [-0.15, -0.1) is 24.0 Å². The maximum Gasteiger partial charge on any atom is 0.190 e. The number of hydrogen-bond donors (Lipinski definition) is 2. The van der Waals surface area contributed by atoms with Crippen molar-refractivity contribution < 1.29 is 9.47 Å². The Morgan fingerprint density at radius 3 is 2.94 bits per heavy atom. The fraction of sp³-hybridized carbons (Fsp3) is 0.909. The van der Waals surface area contributed by atoms with Gasteiger partial charge in [0.05, 0.1) is 13.2 Å². The smallest absolute Gasteiger partial charge is 0.190 e. The van der Waals surface area contributed by atoms with E-state index in [0.29, 0.717) is 5.92 Å². The predicted molar refractivity (Wildman–Crippen MR) is 80.2 cm³/mol. The Labute approximate surface area is 121 Å². The van der Waals surface area contributed by atoms with Crippen molar-refractivity contribution in [2.24, 2.45) is 10.9 Å². The minimum atomic E-state index is 0. The van der Waals surface area contributed by atoms with Gasteiger partial charge in [0.1, 0.15) is 0 Å². The Morgan fingerprint density at radius 2 is 2.35 bits per heavy atom. The van der Waals surface area contributed by atoms with Gasteiger partial charge in [-0.25, -0.2) is 0 Å². The summed E-state index contributed by atoms with van der Waals surface area (Å²) in [5, 5.41) is 6.15. The molecule has 2 N–H and O–H groups in total. The van der Waals surface area contributed by atoms with Gasteiger partial charge in [0.15, 0.2) is 5.96 Å². The largest absolute Gasteiger partial charge is 0.381 e. The highest BCUT2D eigenvalue weighted by molar-refractivity contribution is 14.0. The molecule has 1 saturated heterocycles. The molecule has 1 aliphatic heterocycles. The van der Waals surface area contributed by atoms with E-state index in [-0.39, 0.29) is 24.0 Å². The van der Waals surface area contributed by atoms with Gasteiger partial charge in [-0.1, -0.05) is 0 Å². The first-order valence-corrected chi connectivity index (χ1v) is 5.90. The van der Waals surface area contributed by atoms with Gasteiger partial charge in [-0.3, -0.25) is 4.99 Å². The van der Waals surface area contributed by atoms with Crippen molar-refractivity contribution in [2.45, 2.75) is 12.8 Å². The van der Waals surface area contributed by atoms with Crippen LogP contribution in [0.5, 0.6) is 0 Å². The summed E-state index contributed by atoms with van der Waals surface area (Å²) < 4.78 is 10.9. The molecular formula is C11H24IN3O2. The summed E-state index contributed by atoms with van der Waals surface area (Å²) in [7, 11) is 3.61. The second kappa shape index (κ2) is 11.0. The summed E-state index contributed by atoms with van der Waals surface area (Å²) in [6.45, 7) is 4.28. The van der Waals surface area contributed by atoms with Crippen LogP contribution in [-0.2, 0) is 9.47 Å². The number of rotatable bonds is 6. The van der Waals surface area contributed by atoms with Crippen molar-refractivity contribution in [3.63, 3.8) is 0 Å². The third-order valence-electron chi connectivity index (χ3n) is 2.60. The molecule has 17 heavy (non-hydrogen) atoms. The lowest BCUT2D eigenvalue weighted by Gasteiger charge is -2.10. The Morgan fingerprint density at radius 1 is 1.53 bits per heavy atom. The SMILES string of the molecule is CN=C(NC)NCCCOCC1CCOC1.I. The molecule has 0 bridgehead atoms. The van der Waals surface area contributed by atoms with Gasteiger partial charge in [-0.05, 0) is 12.8 Å². The van der Waals surface area contributed by atoms with Crippen LogP contribution in [-0.4, -0.2) is 53.0 Å². The van der Waals surface area contributed by atoms with Crippen molar-refractivity contribution in [1.82, 2.24) is 10.6 Å². The fourth-order valence-electron chi connectivity index (χ4n) is 1.63. The molecule has 6 heteroatoms. The third-order valence-corrected chi connectivity index (χ3v) is 2.60. The lowest BCUT2D eigenvalue weighted by atomic mass is 10.1. The van der Waals surface area contributed by atoms with Crippen LogP contribution in [0.4, 0.5) is 0 Å². The van der Waals surface area contributed by atoms with Crippen LogP contribution in [0, 0.1) is 5.92 Å². The van der Waals surface area contributed by atoms with Gasteiger partial charge in [0.25, 0.3) is 0 Å². The Bertz CT molecular complexity index is 209. The molecule has 0 aromatic heterocycles. The second-order valence-electron chi connectivity index (χ2n) is 3.91. The molecular weight excluding hydrogens is 333 g/mol. The van der Waals surface area contributed by atoms with E-state index in [1.165, 1.54) is 0 Å². The van der Waals surface area contributed by atoms with Crippen LogP contribution < -0.4 is 10.6 Å². The van der Waals surface area contributed by atoms with Crippen LogP contribution in [0.2, 0.25) is 0 Å². The summed E-state index contributed by atoms with van der Waals surface area (Å²) in [5.74, 6) is 1.43. The molecule has 1 atom stereocenters. The number of guanidine groups is 1. The van der Waals surface area contributed by atoms with Gasteiger partial charge in [0.2, 0.25) is 0 Å². The molecule has 1 heterocycles. The van der Waals surface area contributed by atoms with E-state index in [2.05, 4.69) is 15.6 Å². The third kappa shape index (κ3) is 7.77. The molecule has 1 fully saturated rings. The molecule has 102 valence electrons. The minimum absolute atomic E-state index is 0. The molecule has 1 rings (SSSR count). The Kier molecular flexibility index (Phi) is 11.0. The van der Waals surface area contributed by atoms with E-state index in [1.807, 2.05) is 7.05 Å². The van der Waals surface area contributed by atoms with Crippen LogP contribution in [0.15, 0.2) is 4.99 Å². The highest BCUT2D eigenvalue weighted by Crippen LogP contribution is 2.12. The summed E-state index contributed by atoms with van der Waals surface area (Å²) in [4.78, 5) is 4.02. The first-order valence-electron chi connectivity index (χ1n) is 5.90. The molecule has 1 unspecified atom stereocenters. The summed E-state index contributed by atoms with van der Waals surface area (Å²) in [5.41, 5.74) is 0. The zero-order valence-corrected chi connectivity index (χ0v) is 13.0. The lowest BCUT2D eigenvalue weighted by Crippen LogP contribution is -2.35. The molecule has 0 radical (unpaired) electrons. The van der Waals surface area contributed by atoms with Gasteiger partial charge in [-0.2, -0.15) is 0 Å². The van der Waals surface area contributed by atoms with Crippen LogP contribution in [0.1, 0.15) is 12.8 Å². The van der Waals surface area contributed by atoms with Crippen LogP contribution in [0.25, 0.3) is 0 Å². The van der Waals surface area contributed by atoms with Gasteiger partial charge in [0, 0.05) is 39.8 Å². The zero-order chi connectivity index (χ0) is 11.6. The summed E-state index contributed by atoms with van der Waals surface area (Å²) in [6.07, 6.45) is 2.14. The van der Waals surface area contributed by atoms with E-state index >= 15 is 0 Å². The van der Waals surface area contributed by atoms with Crippen molar-refractivity contribution in [2.75, 3.05) is 47.1 Å². The monoisotopic (exact) mass is 357 g/mol. The highest BCUT2D eigenvalue weighted by atomic mass is 127. The molecule has 0 amide bonds. The summed E-state index contributed by atoms with van der Waals surface area (Å²) in [6, 6.07) is 0. The Balaban J connectivity index is 0.00000256. The number of hydrogen-bond acceptors (Lipinski definition) is 3. The second-order valence-corrected chi connectivity index (χ2v) is 3.91. The predicted octanol–water partition coefficient (Wildman–Crippen LogP) is 0.842. The topological polar surface area (TPSA) is 54.9 Å². The molecule has 5 nitrogen and oxygen atoms in total. The van der Waals surface area contributed by atoms with E-state index in [1.54, 1.807) is 7.05 Å². The highest BCUT2D eigenvalue weighted by Gasteiger charge is 2.14.